The zero-order valence-corrected chi connectivity index (χ0v) is 18.1. The van der Waals surface area contributed by atoms with Crippen LogP contribution in [0, 0.1) is 12.7 Å². The Morgan fingerprint density at radius 1 is 1.09 bits per heavy atom. The predicted molar refractivity (Wildman–Crippen MR) is 120 cm³/mol. The van der Waals surface area contributed by atoms with E-state index in [-0.39, 0.29) is 29.7 Å². The number of hydrogen-bond donors (Lipinski definition) is 3. The second-order valence-electron chi connectivity index (χ2n) is 7.84. The molecule has 0 aromatic heterocycles. The molecule has 5 nitrogen and oxygen atoms in total. The van der Waals surface area contributed by atoms with Crippen LogP contribution in [0.3, 0.4) is 0 Å². The number of aliphatic hydroxyl groups excluding tert-OH is 2. The molecule has 0 heterocycles. The van der Waals surface area contributed by atoms with Gasteiger partial charge in [0.15, 0.2) is 0 Å². The highest BCUT2D eigenvalue weighted by Gasteiger charge is 2.29. The molecule has 3 aromatic rings. The van der Waals surface area contributed by atoms with Crippen LogP contribution in [-0.4, -0.2) is 35.6 Å². The largest absolute Gasteiger partial charge is 0.449 e. The summed E-state index contributed by atoms with van der Waals surface area (Å²) in [6.45, 7) is 1.39. The maximum atomic E-state index is 13.8. The lowest BCUT2D eigenvalue weighted by molar-refractivity contribution is 0.0184. The number of ether oxygens (including phenoxy) is 1. The number of benzene rings is 3. The van der Waals surface area contributed by atoms with E-state index in [2.05, 4.69) is 5.32 Å². The van der Waals surface area contributed by atoms with E-state index in [4.69, 9.17) is 16.3 Å². The van der Waals surface area contributed by atoms with Crippen molar-refractivity contribution in [2.75, 3.05) is 13.2 Å². The van der Waals surface area contributed by atoms with Crippen molar-refractivity contribution in [2.45, 2.75) is 25.0 Å². The smallest absolute Gasteiger partial charge is 0.407 e. The molecule has 0 fully saturated rings. The van der Waals surface area contributed by atoms with Crippen molar-refractivity contribution >= 4 is 17.7 Å². The zero-order valence-electron chi connectivity index (χ0n) is 17.4. The predicted octanol–water partition coefficient (Wildman–Crippen LogP) is 4.72. The molecule has 32 heavy (non-hydrogen) atoms. The first-order chi connectivity index (χ1) is 15.4. The first-order valence-corrected chi connectivity index (χ1v) is 10.6. The summed E-state index contributed by atoms with van der Waals surface area (Å²) in [6, 6.07) is 18.5. The van der Waals surface area contributed by atoms with Gasteiger partial charge in [0.05, 0.1) is 0 Å². The summed E-state index contributed by atoms with van der Waals surface area (Å²) in [4.78, 5) is 12.2. The van der Waals surface area contributed by atoms with Crippen LogP contribution in [0.2, 0.25) is 5.02 Å². The van der Waals surface area contributed by atoms with Crippen LogP contribution in [0.25, 0.3) is 11.1 Å². The Hall–Kier alpha value is -2.93. The van der Waals surface area contributed by atoms with Gasteiger partial charge in [0.2, 0.25) is 0 Å². The number of rotatable bonds is 6. The molecule has 0 radical (unpaired) electrons. The maximum Gasteiger partial charge on any atom is 0.407 e. The minimum absolute atomic E-state index is 0.0524. The SMILES string of the molecule is Cc1cc(Cl)c(C(O)C(O)CNC(=O)OCC2c3ccccc3-c3ccccc32)cc1F. The highest BCUT2D eigenvalue weighted by atomic mass is 35.5. The van der Waals surface area contributed by atoms with E-state index >= 15 is 0 Å². The molecule has 3 N–H and O–H groups in total. The number of aliphatic hydroxyl groups is 2. The van der Waals surface area contributed by atoms with Gasteiger partial charge in [-0.2, -0.15) is 0 Å². The lowest BCUT2D eigenvalue weighted by Gasteiger charge is -2.20. The van der Waals surface area contributed by atoms with Gasteiger partial charge in [0.1, 0.15) is 24.6 Å². The highest BCUT2D eigenvalue weighted by molar-refractivity contribution is 6.31. The number of hydrogen-bond acceptors (Lipinski definition) is 4. The fourth-order valence-corrected chi connectivity index (χ4v) is 4.37. The standard InChI is InChI=1S/C25H23ClFNO4/c1-14-10-21(26)19(11-22(14)27)24(30)23(29)12-28-25(31)32-13-20-17-8-4-2-6-15(17)16-7-3-5-9-18(16)20/h2-11,20,23-24,29-30H,12-13H2,1H3,(H,28,31). The number of aryl methyl sites for hydroxylation is 1. The molecule has 0 saturated carbocycles. The quantitative estimate of drug-likeness (QED) is 0.502. The van der Waals surface area contributed by atoms with Crippen LogP contribution in [-0.2, 0) is 4.74 Å². The average Bonchev–Trinajstić information content (AvgIpc) is 3.11. The molecule has 0 aliphatic heterocycles. The molecule has 0 bridgehead atoms. The summed E-state index contributed by atoms with van der Waals surface area (Å²) in [7, 11) is 0. The van der Waals surface area contributed by atoms with Crippen LogP contribution in [0.15, 0.2) is 60.7 Å². The second kappa shape index (κ2) is 9.28. The lowest BCUT2D eigenvalue weighted by Crippen LogP contribution is -2.36. The van der Waals surface area contributed by atoms with Crippen molar-refractivity contribution in [1.82, 2.24) is 5.32 Å². The average molecular weight is 456 g/mol. The highest BCUT2D eigenvalue weighted by Crippen LogP contribution is 2.44. The molecule has 7 heteroatoms. The number of alkyl carbamates (subject to hydrolysis) is 1. The molecule has 0 saturated heterocycles. The van der Waals surface area contributed by atoms with E-state index in [1.165, 1.54) is 6.07 Å². The van der Waals surface area contributed by atoms with E-state index in [0.717, 1.165) is 28.3 Å². The molecule has 1 amide bonds. The zero-order chi connectivity index (χ0) is 22.8. The van der Waals surface area contributed by atoms with E-state index in [1.807, 2.05) is 48.5 Å². The summed E-state index contributed by atoms with van der Waals surface area (Å²) in [5.74, 6) is -0.627. The summed E-state index contributed by atoms with van der Waals surface area (Å²) in [6.07, 6.45) is -3.58. The third kappa shape index (κ3) is 4.35. The number of halogens is 2. The van der Waals surface area contributed by atoms with Gasteiger partial charge in [-0.25, -0.2) is 9.18 Å². The Kier molecular flexibility index (Phi) is 6.46. The third-order valence-electron chi connectivity index (χ3n) is 5.76. The van der Waals surface area contributed by atoms with Crippen molar-refractivity contribution in [3.05, 3.63) is 93.8 Å². The normalized spacial score (nSPS) is 14.4. The van der Waals surface area contributed by atoms with E-state index in [0.29, 0.717) is 5.56 Å². The monoisotopic (exact) mass is 455 g/mol. The Morgan fingerprint density at radius 3 is 2.31 bits per heavy atom. The van der Waals surface area contributed by atoms with Crippen LogP contribution >= 0.6 is 11.6 Å². The van der Waals surface area contributed by atoms with E-state index in [1.54, 1.807) is 6.92 Å². The molecule has 2 atom stereocenters. The van der Waals surface area contributed by atoms with Crippen LogP contribution in [0.5, 0.6) is 0 Å². The fraction of sp³-hybridized carbons (Fsp3) is 0.240. The first kappa shape index (κ1) is 22.3. The lowest BCUT2D eigenvalue weighted by atomic mass is 9.98. The third-order valence-corrected chi connectivity index (χ3v) is 6.09. The molecule has 1 aliphatic rings. The van der Waals surface area contributed by atoms with Crippen molar-refractivity contribution in [3.8, 4) is 11.1 Å². The summed E-state index contributed by atoms with van der Waals surface area (Å²) >= 11 is 6.06. The van der Waals surface area contributed by atoms with Crippen molar-refractivity contribution < 1.29 is 24.1 Å². The molecular formula is C25H23ClFNO4. The first-order valence-electron chi connectivity index (χ1n) is 10.3. The fourth-order valence-electron chi connectivity index (χ4n) is 4.04. The molecule has 1 aliphatic carbocycles. The number of fused-ring (bicyclic) bond motifs is 3. The summed E-state index contributed by atoms with van der Waals surface area (Å²) in [5, 5.41) is 23.1. The Bertz CT molecular complexity index is 1110. The van der Waals surface area contributed by atoms with Gasteiger partial charge in [-0.3, -0.25) is 0 Å². The van der Waals surface area contributed by atoms with Crippen LogP contribution in [0.1, 0.15) is 34.3 Å². The van der Waals surface area contributed by atoms with Gasteiger partial charge in [-0.15, -0.1) is 0 Å². The van der Waals surface area contributed by atoms with Crippen LogP contribution < -0.4 is 5.32 Å². The van der Waals surface area contributed by atoms with Gasteiger partial charge in [0, 0.05) is 23.0 Å². The Balaban J connectivity index is 1.35. The van der Waals surface area contributed by atoms with Crippen LogP contribution in [0.4, 0.5) is 9.18 Å². The number of carbonyl (C=O) groups is 1. The van der Waals surface area contributed by atoms with E-state index < -0.39 is 24.1 Å². The van der Waals surface area contributed by atoms with Gasteiger partial charge in [-0.05, 0) is 46.9 Å². The molecule has 2 unspecified atom stereocenters. The minimum atomic E-state index is -1.47. The van der Waals surface area contributed by atoms with Gasteiger partial charge >= 0.3 is 6.09 Å². The molecule has 3 aromatic carbocycles. The molecule has 4 rings (SSSR count). The van der Waals surface area contributed by atoms with E-state index in [9.17, 15) is 19.4 Å². The Labute approximate surface area is 190 Å². The maximum absolute atomic E-state index is 13.8. The van der Waals surface area contributed by atoms with Crippen molar-refractivity contribution in [2.24, 2.45) is 0 Å². The minimum Gasteiger partial charge on any atom is -0.449 e. The molecule has 0 spiro atoms. The summed E-state index contributed by atoms with van der Waals surface area (Å²) < 4.78 is 19.2. The topological polar surface area (TPSA) is 78.8 Å². The van der Waals surface area contributed by atoms with Crippen molar-refractivity contribution in [3.63, 3.8) is 0 Å². The molecule has 166 valence electrons. The number of amides is 1. The van der Waals surface area contributed by atoms with Gasteiger partial charge in [0.25, 0.3) is 0 Å². The number of carbonyl (C=O) groups excluding carboxylic acids is 1. The van der Waals surface area contributed by atoms with Gasteiger partial charge in [-0.1, -0.05) is 60.1 Å². The van der Waals surface area contributed by atoms with Crippen molar-refractivity contribution in [1.29, 1.82) is 0 Å². The number of nitrogens with one attached hydrogen (secondary N) is 1. The summed E-state index contributed by atoms with van der Waals surface area (Å²) in [5.41, 5.74) is 4.81. The molecular weight excluding hydrogens is 433 g/mol. The van der Waals surface area contributed by atoms with Gasteiger partial charge < -0.3 is 20.3 Å². The second-order valence-corrected chi connectivity index (χ2v) is 8.25. The Morgan fingerprint density at radius 2 is 1.69 bits per heavy atom.